The molecule has 0 saturated heterocycles. The molecule has 0 rings (SSSR count). The predicted octanol–water partition coefficient (Wildman–Crippen LogP) is 16.7. The summed E-state index contributed by atoms with van der Waals surface area (Å²) in [4.78, 5) is 56.9. The second kappa shape index (κ2) is 64.2. The van der Waals surface area contributed by atoms with Crippen LogP contribution in [0.25, 0.3) is 0 Å². The molecule has 0 radical (unpaired) electrons. The Bertz CT molecular complexity index is 1340. The molecule has 0 saturated carbocycles. The Hall–Kier alpha value is 1.21. The van der Waals surface area contributed by atoms with Gasteiger partial charge in [-0.25, -0.2) is 27.4 Å². The van der Waals surface area contributed by atoms with E-state index in [9.17, 15) is 56.8 Å². The first-order valence-electron chi connectivity index (χ1n) is 29.8. The quantitative estimate of drug-likeness (QED) is 0.0159. The number of aliphatic hydroxyl groups is 2. The van der Waals surface area contributed by atoms with E-state index in [4.69, 9.17) is 40.7 Å². The van der Waals surface area contributed by atoms with Crippen molar-refractivity contribution in [1.82, 2.24) is 0 Å². The van der Waals surface area contributed by atoms with Crippen LogP contribution in [0.3, 0.4) is 0 Å². The molecule has 24 nitrogen and oxygen atoms in total. The summed E-state index contributed by atoms with van der Waals surface area (Å²) in [5.41, 5.74) is 0. The fourth-order valence-corrected chi connectivity index (χ4v) is 13.3. The van der Waals surface area contributed by atoms with E-state index in [1.807, 2.05) is 0 Å². The summed E-state index contributed by atoms with van der Waals surface area (Å²) in [6, 6.07) is 0. The van der Waals surface area contributed by atoms with E-state index >= 15 is 0 Å². The standard InChI is InChI=1S/3C16H36O7P2.C2H6O2.O.Ti/c3*1-3-5-7-9-11-13-15-21-24(17,18)23-25(19,20)22-16-14-12-10-8-6-4-2;3-1-2-4;;/h3*3-16H2,1-2H3,(H,17,18)(H,19,20);3-4H,1-2H2;;. The molecule has 0 aliphatic carbocycles. The van der Waals surface area contributed by atoms with E-state index in [1.165, 1.54) is 38.5 Å². The summed E-state index contributed by atoms with van der Waals surface area (Å²) in [5.74, 6) is 0. The third-order valence-corrected chi connectivity index (χ3v) is 19.2. The number of phosphoric ester groups is 6. The SMILES string of the molecule is CCCCCCCCOP(=O)(O)OP(=O)(O)OCCCCCCCC.CCCCCCCCOP(=O)(O)OP(=O)(O)OCCCCCCCC.CCCCCCCCOP(=O)(O)OP(=O)(O)OCCCCCCCC.OCCO.[O]=[Ti]. The Labute approximate surface area is 500 Å². The van der Waals surface area contributed by atoms with Crippen LogP contribution < -0.4 is 0 Å². The van der Waals surface area contributed by atoms with Crippen LogP contribution >= 0.6 is 46.9 Å². The molecule has 0 heterocycles. The second-order valence-corrected chi connectivity index (χ2v) is 28.2. The van der Waals surface area contributed by atoms with E-state index in [0.717, 1.165) is 175 Å². The van der Waals surface area contributed by atoms with Crippen LogP contribution in [0, 0.1) is 0 Å². The first kappa shape index (κ1) is 91.0. The first-order chi connectivity index (χ1) is 38.4. The molecule has 6 unspecified atom stereocenters. The van der Waals surface area contributed by atoms with Crippen LogP contribution in [0.2, 0.25) is 0 Å². The summed E-state index contributed by atoms with van der Waals surface area (Å²) in [6.45, 7) is 12.6. The van der Waals surface area contributed by atoms with Crippen molar-refractivity contribution in [2.75, 3.05) is 52.9 Å². The monoisotopic (exact) mass is 1330 g/mol. The molecule has 0 amide bonds. The van der Waals surface area contributed by atoms with Gasteiger partial charge in [0.05, 0.1) is 52.9 Å². The van der Waals surface area contributed by atoms with Crippen molar-refractivity contribution in [1.29, 1.82) is 0 Å². The third-order valence-electron chi connectivity index (χ3n) is 11.2. The molecule has 492 valence electrons. The summed E-state index contributed by atoms with van der Waals surface area (Å²) in [6.07, 6.45) is 35.8. The number of phosphoric acid groups is 6. The van der Waals surface area contributed by atoms with Gasteiger partial charge >= 0.3 is 70.7 Å². The number of rotatable bonds is 55. The van der Waals surface area contributed by atoms with Crippen LogP contribution in [0.1, 0.15) is 273 Å². The Morgan fingerprint density at radius 3 is 0.457 bits per heavy atom. The molecule has 0 spiro atoms. The molecule has 8 N–H and O–H groups in total. The van der Waals surface area contributed by atoms with E-state index in [1.54, 1.807) is 0 Å². The minimum absolute atomic E-state index is 0.0112. The normalized spacial score (nSPS) is 15.7. The second-order valence-electron chi connectivity index (χ2n) is 19.1. The van der Waals surface area contributed by atoms with E-state index < -0.39 is 46.9 Å². The summed E-state index contributed by atoms with van der Waals surface area (Å²) >= 11 is 0.750. The molecular formula is C50H114O24P6Ti. The molecule has 0 aromatic heterocycles. The van der Waals surface area contributed by atoms with Crippen molar-refractivity contribution in [2.24, 2.45) is 0 Å². The fraction of sp³-hybridized carbons (Fsp3) is 1.00. The van der Waals surface area contributed by atoms with Gasteiger partial charge in [0.2, 0.25) is 0 Å². The molecule has 0 aliphatic heterocycles. The molecule has 6 atom stereocenters. The summed E-state index contributed by atoms with van der Waals surface area (Å²) in [5, 5.41) is 15.2. The Morgan fingerprint density at radius 2 is 0.346 bits per heavy atom. The molecule has 0 aromatic carbocycles. The zero-order valence-corrected chi connectivity index (χ0v) is 57.3. The van der Waals surface area contributed by atoms with Gasteiger partial charge in [-0.3, -0.25) is 27.1 Å². The summed E-state index contributed by atoms with van der Waals surface area (Å²) < 4.78 is 119. The molecule has 0 aromatic rings. The van der Waals surface area contributed by atoms with Crippen molar-refractivity contribution >= 4 is 46.9 Å². The topological polar surface area (TPSA) is 364 Å². The maximum atomic E-state index is 11.7. The van der Waals surface area contributed by atoms with Gasteiger partial charge in [0.25, 0.3) is 0 Å². The minimum atomic E-state index is -4.58. The van der Waals surface area contributed by atoms with Crippen LogP contribution in [-0.2, 0) is 91.2 Å². The van der Waals surface area contributed by atoms with Gasteiger partial charge in [-0.1, -0.05) is 234 Å². The summed E-state index contributed by atoms with van der Waals surface area (Å²) in [7, 11) is -27.5. The first-order valence-corrected chi connectivity index (χ1v) is 39.4. The predicted molar refractivity (Wildman–Crippen MR) is 313 cm³/mol. The number of hydrogen-bond acceptors (Lipinski definition) is 18. The van der Waals surface area contributed by atoms with Crippen molar-refractivity contribution in [3.05, 3.63) is 0 Å². The fourth-order valence-electron chi connectivity index (χ4n) is 6.91. The Morgan fingerprint density at radius 1 is 0.235 bits per heavy atom. The zero-order valence-electron chi connectivity index (χ0n) is 50.4. The number of unbranched alkanes of at least 4 members (excludes halogenated alkanes) is 30. The molecule has 0 aliphatic rings. The molecule has 0 fully saturated rings. The van der Waals surface area contributed by atoms with E-state index in [0.29, 0.717) is 38.5 Å². The number of aliphatic hydroxyl groups excluding tert-OH is 2. The van der Waals surface area contributed by atoms with Crippen molar-refractivity contribution in [3.63, 3.8) is 0 Å². The van der Waals surface area contributed by atoms with Crippen LogP contribution in [0.4, 0.5) is 0 Å². The van der Waals surface area contributed by atoms with Gasteiger partial charge in [0, 0.05) is 0 Å². The van der Waals surface area contributed by atoms with Gasteiger partial charge < -0.3 is 39.6 Å². The van der Waals surface area contributed by atoms with Crippen LogP contribution in [0.15, 0.2) is 0 Å². The maximum absolute atomic E-state index is 11.7. The van der Waals surface area contributed by atoms with Crippen molar-refractivity contribution in [3.8, 4) is 0 Å². The van der Waals surface area contributed by atoms with Gasteiger partial charge in [-0.2, -0.15) is 12.9 Å². The average Bonchev–Trinajstić information content (AvgIpc) is 3.39. The molecule has 81 heavy (non-hydrogen) atoms. The van der Waals surface area contributed by atoms with Gasteiger partial charge in [0.15, 0.2) is 0 Å². The average molecular weight is 1330 g/mol. The van der Waals surface area contributed by atoms with Crippen LogP contribution in [0.5, 0.6) is 0 Å². The molecule has 31 heteroatoms. The zero-order chi connectivity index (χ0) is 62.5. The van der Waals surface area contributed by atoms with E-state index in [2.05, 4.69) is 54.5 Å². The Kier molecular flexibility index (Phi) is 72.1. The molecular weight excluding hydrogens is 1220 g/mol. The van der Waals surface area contributed by atoms with Crippen molar-refractivity contribution in [2.45, 2.75) is 273 Å². The van der Waals surface area contributed by atoms with Gasteiger partial charge in [-0.15, -0.1) is 0 Å². The van der Waals surface area contributed by atoms with Gasteiger partial charge in [0.1, 0.15) is 0 Å². The number of hydrogen-bond donors (Lipinski definition) is 8. The Balaban J connectivity index is -0.000000339. The van der Waals surface area contributed by atoms with Crippen LogP contribution in [-0.4, -0.2) is 92.4 Å². The third kappa shape index (κ3) is 79.2. The van der Waals surface area contributed by atoms with E-state index in [-0.39, 0.29) is 52.9 Å². The van der Waals surface area contributed by atoms with Crippen molar-refractivity contribution < 1.29 is 131 Å². The van der Waals surface area contributed by atoms with Gasteiger partial charge in [-0.05, 0) is 38.5 Å². The molecule has 0 bridgehead atoms.